The van der Waals surface area contributed by atoms with Crippen molar-refractivity contribution < 1.29 is 4.79 Å². The number of aromatic nitrogens is 4. The summed E-state index contributed by atoms with van der Waals surface area (Å²) in [6.45, 7) is 4.84. The summed E-state index contributed by atoms with van der Waals surface area (Å²) in [5, 5.41) is 17.9. The van der Waals surface area contributed by atoms with E-state index in [-0.39, 0.29) is 6.03 Å². The van der Waals surface area contributed by atoms with Crippen LogP contribution in [0.25, 0.3) is 11.3 Å². The van der Waals surface area contributed by atoms with E-state index in [0.717, 1.165) is 17.5 Å². The SMILES string of the molecule is CC(C)Cc1ccccc1CNC(=O)Nc1ccc(-c2cnn(C)c2)nn1. The first-order valence-corrected chi connectivity index (χ1v) is 8.95. The number of hydrogen-bond acceptors (Lipinski definition) is 4. The molecule has 3 aromatic rings. The summed E-state index contributed by atoms with van der Waals surface area (Å²) < 4.78 is 1.70. The van der Waals surface area contributed by atoms with E-state index < -0.39 is 0 Å². The van der Waals surface area contributed by atoms with Gasteiger partial charge in [0, 0.05) is 25.4 Å². The quantitative estimate of drug-likeness (QED) is 0.702. The van der Waals surface area contributed by atoms with Crippen LogP contribution in [-0.4, -0.2) is 26.0 Å². The second-order valence-corrected chi connectivity index (χ2v) is 6.88. The number of rotatable bonds is 6. The standard InChI is InChI=1S/C20H24N6O/c1-14(2)10-15-6-4-5-7-16(15)11-21-20(27)23-19-9-8-18(24-25-19)17-12-22-26(3)13-17/h4-9,12-14H,10-11H2,1-3H3,(H2,21,23,25,27). The van der Waals surface area contributed by atoms with Crippen molar-refractivity contribution in [1.29, 1.82) is 0 Å². The number of carbonyl (C=O) groups excluding carboxylic acids is 1. The van der Waals surface area contributed by atoms with Crippen LogP contribution in [0.3, 0.4) is 0 Å². The fourth-order valence-corrected chi connectivity index (χ4v) is 2.81. The van der Waals surface area contributed by atoms with E-state index in [4.69, 9.17) is 0 Å². The average Bonchev–Trinajstić information content (AvgIpc) is 3.07. The molecule has 0 bridgehead atoms. The van der Waals surface area contributed by atoms with Gasteiger partial charge >= 0.3 is 6.03 Å². The highest BCUT2D eigenvalue weighted by Gasteiger charge is 2.08. The molecule has 0 saturated heterocycles. The molecule has 0 atom stereocenters. The maximum Gasteiger partial charge on any atom is 0.320 e. The van der Waals surface area contributed by atoms with Gasteiger partial charge in [-0.25, -0.2) is 4.79 Å². The molecule has 0 aliphatic rings. The molecule has 0 radical (unpaired) electrons. The maximum atomic E-state index is 12.2. The predicted molar refractivity (Wildman–Crippen MR) is 105 cm³/mol. The molecule has 0 aliphatic carbocycles. The van der Waals surface area contributed by atoms with Gasteiger partial charge in [-0.1, -0.05) is 38.1 Å². The zero-order valence-electron chi connectivity index (χ0n) is 15.8. The van der Waals surface area contributed by atoms with E-state index in [1.54, 1.807) is 23.0 Å². The third-order valence-corrected chi connectivity index (χ3v) is 4.09. The molecule has 2 amide bonds. The van der Waals surface area contributed by atoms with Crippen LogP contribution in [-0.2, 0) is 20.0 Å². The first-order chi connectivity index (χ1) is 13.0. The Morgan fingerprint density at radius 2 is 1.89 bits per heavy atom. The second-order valence-electron chi connectivity index (χ2n) is 6.88. The van der Waals surface area contributed by atoms with Crippen LogP contribution in [0.5, 0.6) is 0 Å². The highest BCUT2D eigenvalue weighted by molar-refractivity contribution is 5.88. The summed E-state index contributed by atoms with van der Waals surface area (Å²) in [6.07, 6.45) is 4.57. The van der Waals surface area contributed by atoms with Gasteiger partial charge in [0.1, 0.15) is 0 Å². The third kappa shape index (κ3) is 5.13. The van der Waals surface area contributed by atoms with Crippen molar-refractivity contribution in [2.24, 2.45) is 13.0 Å². The number of benzene rings is 1. The lowest BCUT2D eigenvalue weighted by Gasteiger charge is -2.12. The molecule has 0 unspecified atom stereocenters. The topological polar surface area (TPSA) is 84.7 Å². The molecule has 140 valence electrons. The summed E-state index contributed by atoms with van der Waals surface area (Å²) in [5.74, 6) is 0.962. The Balaban J connectivity index is 1.57. The van der Waals surface area contributed by atoms with Crippen molar-refractivity contribution in [2.45, 2.75) is 26.8 Å². The van der Waals surface area contributed by atoms with Gasteiger partial charge in [-0.05, 0) is 35.6 Å². The van der Waals surface area contributed by atoms with E-state index in [9.17, 15) is 4.79 Å². The van der Waals surface area contributed by atoms with Crippen LogP contribution in [0.2, 0.25) is 0 Å². The van der Waals surface area contributed by atoms with Crippen molar-refractivity contribution in [3.8, 4) is 11.3 Å². The first kappa shape index (κ1) is 18.6. The Morgan fingerprint density at radius 3 is 2.52 bits per heavy atom. The molecular weight excluding hydrogens is 340 g/mol. The minimum atomic E-state index is -0.308. The van der Waals surface area contributed by atoms with Gasteiger partial charge in [0.25, 0.3) is 0 Å². The molecular formula is C20H24N6O. The maximum absolute atomic E-state index is 12.2. The molecule has 27 heavy (non-hydrogen) atoms. The number of urea groups is 1. The van der Waals surface area contributed by atoms with Crippen LogP contribution in [0.15, 0.2) is 48.8 Å². The molecule has 0 aliphatic heterocycles. The Morgan fingerprint density at radius 1 is 1.11 bits per heavy atom. The van der Waals surface area contributed by atoms with E-state index in [1.165, 1.54) is 5.56 Å². The summed E-state index contributed by atoms with van der Waals surface area (Å²) in [5.41, 5.74) is 3.97. The summed E-state index contributed by atoms with van der Waals surface area (Å²) in [6, 6.07) is 11.4. The molecule has 0 fully saturated rings. The molecule has 2 aromatic heterocycles. The predicted octanol–water partition coefficient (Wildman–Crippen LogP) is 3.40. The minimum absolute atomic E-state index is 0.308. The monoisotopic (exact) mass is 364 g/mol. The lowest BCUT2D eigenvalue weighted by atomic mass is 9.98. The zero-order valence-corrected chi connectivity index (χ0v) is 15.8. The summed E-state index contributed by atoms with van der Waals surface area (Å²) >= 11 is 0. The van der Waals surface area contributed by atoms with Crippen LogP contribution < -0.4 is 10.6 Å². The van der Waals surface area contributed by atoms with Gasteiger partial charge in [0.05, 0.1) is 11.9 Å². The lowest BCUT2D eigenvalue weighted by molar-refractivity contribution is 0.251. The normalized spacial score (nSPS) is 10.8. The van der Waals surface area contributed by atoms with Crippen molar-refractivity contribution >= 4 is 11.8 Å². The Hall–Kier alpha value is -3.22. The molecule has 7 nitrogen and oxygen atoms in total. The van der Waals surface area contributed by atoms with Crippen molar-refractivity contribution in [3.05, 3.63) is 59.9 Å². The van der Waals surface area contributed by atoms with Crippen molar-refractivity contribution in [3.63, 3.8) is 0 Å². The number of carbonyl (C=O) groups is 1. The van der Waals surface area contributed by atoms with Crippen LogP contribution in [0.1, 0.15) is 25.0 Å². The van der Waals surface area contributed by atoms with Gasteiger partial charge in [0.15, 0.2) is 5.82 Å². The van der Waals surface area contributed by atoms with E-state index in [1.807, 2.05) is 31.4 Å². The summed E-state index contributed by atoms with van der Waals surface area (Å²) in [7, 11) is 1.84. The average molecular weight is 364 g/mol. The molecule has 0 spiro atoms. The molecule has 1 aromatic carbocycles. The fourth-order valence-electron chi connectivity index (χ4n) is 2.81. The highest BCUT2D eigenvalue weighted by Crippen LogP contribution is 2.16. The second kappa shape index (κ2) is 8.44. The molecule has 7 heteroatoms. The van der Waals surface area contributed by atoms with Crippen LogP contribution in [0.4, 0.5) is 10.6 Å². The smallest absolute Gasteiger partial charge is 0.320 e. The Bertz CT molecular complexity index is 901. The molecule has 3 rings (SSSR count). The highest BCUT2D eigenvalue weighted by atomic mass is 16.2. The van der Waals surface area contributed by atoms with Crippen LogP contribution >= 0.6 is 0 Å². The van der Waals surface area contributed by atoms with Gasteiger partial charge in [-0.2, -0.15) is 5.10 Å². The molecule has 2 heterocycles. The van der Waals surface area contributed by atoms with Gasteiger partial charge in [-0.15, -0.1) is 10.2 Å². The Labute approximate surface area is 158 Å². The minimum Gasteiger partial charge on any atom is -0.334 e. The lowest BCUT2D eigenvalue weighted by Crippen LogP contribution is -2.29. The molecule has 0 saturated carbocycles. The van der Waals surface area contributed by atoms with Crippen molar-refractivity contribution in [2.75, 3.05) is 5.32 Å². The first-order valence-electron chi connectivity index (χ1n) is 8.95. The summed E-state index contributed by atoms with van der Waals surface area (Å²) in [4.78, 5) is 12.2. The largest absolute Gasteiger partial charge is 0.334 e. The number of hydrogen-bond donors (Lipinski definition) is 2. The van der Waals surface area contributed by atoms with Gasteiger partial charge in [-0.3, -0.25) is 10.00 Å². The van der Waals surface area contributed by atoms with Gasteiger partial charge < -0.3 is 5.32 Å². The number of anilines is 1. The number of amides is 2. The van der Waals surface area contributed by atoms with Crippen LogP contribution in [0, 0.1) is 5.92 Å². The van der Waals surface area contributed by atoms with Gasteiger partial charge in [0.2, 0.25) is 0 Å². The zero-order chi connectivity index (χ0) is 19.2. The number of aryl methyl sites for hydroxylation is 1. The Kier molecular flexibility index (Phi) is 5.80. The molecule has 2 N–H and O–H groups in total. The van der Waals surface area contributed by atoms with E-state index in [0.29, 0.717) is 24.0 Å². The number of nitrogens with one attached hydrogen (secondary N) is 2. The van der Waals surface area contributed by atoms with E-state index in [2.05, 4.69) is 45.8 Å². The van der Waals surface area contributed by atoms with E-state index >= 15 is 0 Å². The number of nitrogens with zero attached hydrogens (tertiary/aromatic N) is 4. The fraction of sp³-hybridized carbons (Fsp3) is 0.300. The third-order valence-electron chi connectivity index (χ3n) is 4.09. The van der Waals surface area contributed by atoms with Crippen molar-refractivity contribution in [1.82, 2.24) is 25.3 Å².